The molecule has 2 heterocycles. The normalized spacial score (nSPS) is 11.2. The van der Waals surface area contributed by atoms with Gasteiger partial charge in [-0.15, -0.1) is 11.3 Å². The first-order chi connectivity index (χ1) is 11.3. The van der Waals surface area contributed by atoms with Gasteiger partial charge in [0.25, 0.3) is 0 Å². The van der Waals surface area contributed by atoms with Gasteiger partial charge in [0.2, 0.25) is 5.89 Å². The molecule has 0 radical (unpaired) electrons. The van der Waals surface area contributed by atoms with Crippen LogP contribution in [0.5, 0.6) is 0 Å². The summed E-state index contributed by atoms with van der Waals surface area (Å²) >= 11 is 1.62. The van der Waals surface area contributed by atoms with E-state index in [1.165, 1.54) is 5.56 Å². The molecule has 5 heteroatoms. The Hall–Kier alpha value is -1.95. The zero-order chi connectivity index (χ0) is 15.9. The lowest BCUT2D eigenvalue weighted by Gasteiger charge is -2.19. The maximum atomic E-state index is 9.28. The minimum atomic E-state index is 0.143. The Morgan fingerprint density at radius 3 is 2.70 bits per heavy atom. The Balaban J connectivity index is 1.60. The van der Waals surface area contributed by atoms with E-state index in [9.17, 15) is 5.11 Å². The van der Waals surface area contributed by atoms with E-state index in [1.54, 1.807) is 17.6 Å². The highest BCUT2D eigenvalue weighted by molar-refractivity contribution is 7.13. The number of benzene rings is 1. The standard InChI is InChI=1S/C18H20N2O2S/c21-11-10-20(9-8-15-5-2-1-3-6-15)13-16-14-22-18(19-16)17-7-4-12-23-17/h1-7,12,14,21H,8-11,13H2. The van der Waals surface area contributed by atoms with Gasteiger partial charge in [0.1, 0.15) is 6.26 Å². The molecule has 23 heavy (non-hydrogen) atoms. The van der Waals surface area contributed by atoms with Gasteiger partial charge in [-0.3, -0.25) is 4.90 Å². The number of hydrogen-bond acceptors (Lipinski definition) is 5. The predicted octanol–water partition coefficient (Wildman–Crippen LogP) is 3.44. The van der Waals surface area contributed by atoms with Crippen LogP contribution in [-0.2, 0) is 13.0 Å². The molecule has 0 fully saturated rings. The average Bonchev–Trinajstić information content (AvgIpc) is 3.25. The topological polar surface area (TPSA) is 49.5 Å². The maximum Gasteiger partial charge on any atom is 0.236 e. The van der Waals surface area contributed by atoms with Crippen LogP contribution in [0.3, 0.4) is 0 Å². The van der Waals surface area contributed by atoms with Crippen LogP contribution in [0.2, 0.25) is 0 Å². The Bertz CT molecular complexity index is 695. The van der Waals surface area contributed by atoms with Crippen molar-refractivity contribution in [1.82, 2.24) is 9.88 Å². The maximum absolute atomic E-state index is 9.28. The number of rotatable bonds is 8. The summed E-state index contributed by atoms with van der Waals surface area (Å²) in [6, 6.07) is 14.4. The molecule has 0 aliphatic rings. The van der Waals surface area contributed by atoms with Crippen molar-refractivity contribution in [3.8, 4) is 10.8 Å². The third-order valence-electron chi connectivity index (χ3n) is 3.65. The zero-order valence-electron chi connectivity index (χ0n) is 12.9. The highest BCUT2D eigenvalue weighted by Crippen LogP contribution is 2.24. The molecule has 0 aliphatic carbocycles. The molecule has 0 atom stereocenters. The number of nitrogens with zero attached hydrogens (tertiary/aromatic N) is 2. The average molecular weight is 328 g/mol. The lowest BCUT2D eigenvalue weighted by atomic mass is 10.1. The quantitative estimate of drug-likeness (QED) is 0.688. The van der Waals surface area contributed by atoms with Gasteiger partial charge < -0.3 is 9.52 Å². The zero-order valence-corrected chi connectivity index (χ0v) is 13.7. The fourth-order valence-corrected chi connectivity index (χ4v) is 3.12. The first-order valence-electron chi connectivity index (χ1n) is 7.70. The van der Waals surface area contributed by atoms with Crippen LogP contribution >= 0.6 is 11.3 Å². The molecule has 1 aromatic carbocycles. The number of thiophene rings is 1. The molecule has 0 bridgehead atoms. The first-order valence-corrected chi connectivity index (χ1v) is 8.58. The summed E-state index contributed by atoms with van der Waals surface area (Å²) in [5.74, 6) is 0.669. The van der Waals surface area contributed by atoms with E-state index in [-0.39, 0.29) is 6.61 Å². The van der Waals surface area contributed by atoms with Gasteiger partial charge >= 0.3 is 0 Å². The van der Waals surface area contributed by atoms with Crippen LogP contribution in [0.15, 0.2) is 58.5 Å². The summed E-state index contributed by atoms with van der Waals surface area (Å²) in [4.78, 5) is 7.78. The summed E-state index contributed by atoms with van der Waals surface area (Å²) < 4.78 is 5.56. The minimum Gasteiger partial charge on any atom is -0.444 e. The van der Waals surface area contributed by atoms with Crippen molar-refractivity contribution in [1.29, 1.82) is 0 Å². The van der Waals surface area contributed by atoms with Crippen molar-refractivity contribution >= 4 is 11.3 Å². The third kappa shape index (κ3) is 4.51. The fraction of sp³-hybridized carbons (Fsp3) is 0.278. The molecule has 0 saturated carbocycles. The largest absolute Gasteiger partial charge is 0.444 e. The van der Waals surface area contributed by atoms with Gasteiger partial charge in [-0.1, -0.05) is 36.4 Å². The molecule has 0 unspecified atom stereocenters. The summed E-state index contributed by atoms with van der Waals surface area (Å²) in [5, 5.41) is 11.3. The summed E-state index contributed by atoms with van der Waals surface area (Å²) in [5.41, 5.74) is 2.20. The SMILES string of the molecule is OCCN(CCc1ccccc1)Cc1coc(-c2cccs2)n1. The molecular weight excluding hydrogens is 308 g/mol. The molecule has 0 spiro atoms. The fourth-order valence-electron chi connectivity index (χ4n) is 2.47. The van der Waals surface area contributed by atoms with Gasteiger partial charge in [0.05, 0.1) is 17.2 Å². The first kappa shape index (κ1) is 15.9. The van der Waals surface area contributed by atoms with Crippen molar-refractivity contribution in [3.63, 3.8) is 0 Å². The second kappa shape index (κ2) is 8.06. The van der Waals surface area contributed by atoms with E-state index in [0.29, 0.717) is 19.0 Å². The molecule has 3 rings (SSSR count). The Labute approximate surface area is 140 Å². The number of aliphatic hydroxyl groups is 1. The van der Waals surface area contributed by atoms with Crippen LogP contribution in [0.1, 0.15) is 11.3 Å². The van der Waals surface area contributed by atoms with E-state index in [4.69, 9.17) is 4.42 Å². The van der Waals surface area contributed by atoms with Crippen LogP contribution < -0.4 is 0 Å². The minimum absolute atomic E-state index is 0.143. The number of aromatic nitrogens is 1. The lowest BCUT2D eigenvalue weighted by molar-refractivity contribution is 0.190. The smallest absolute Gasteiger partial charge is 0.236 e. The molecule has 1 N–H and O–H groups in total. The van der Waals surface area contributed by atoms with Crippen molar-refractivity contribution in [2.45, 2.75) is 13.0 Å². The Morgan fingerprint density at radius 1 is 1.09 bits per heavy atom. The van der Waals surface area contributed by atoms with Crippen molar-refractivity contribution in [2.24, 2.45) is 0 Å². The summed E-state index contributed by atoms with van der Waals surface area (Å²) in [6.45, 7) is 2.34. The van der Waals surface area contributed by atoms with Gasteiger partial charge in [-0.05, 0) is 23.4 Å². The predicted molar refractivity (Wildman–Crippen MR) is 92.3 cm³/mol. The molecule has 0 aliphatic heterocycles. The van der Waals surface area contributed by atoms with Crippen molar-refractivity contribution in [3.05, 3.63) is 65.4 Å². The van der Waals surface area contributed by atoms with Crippen LogP contribution in [-0.4, -0.2) is 34.7 Å². The van der Waals surface area contributed by atoms with Gasteiger partial charge in [-0.2, -0.15) is 0 Å². The van der Waals surface area contributed by atoms with E-state index < -0.39 is 0 Å². The van der Waals surface area contributed by atoms with E-state index in [2.05, 4.69) is 34.1 Å². The third-order valence-corrected chi connectivity index (χ3v) is 4.50. The summed E-state index contributed by atoms with van der Waals surface area (Å²) in [7, 11) is 0. The van der Waals surface area contributed by atoms with E-state index >= 15 is 0 Å². The molecule has 0 amide bonds. The Kier molecular flexibility index (Phi) is 5.58. The highest BCUT2D eigenvalue weighted by atomic mass is 32.1. The number of hydrogen-bond donors (Lipinski definition) is 1. The second-order valence-electron chi connectivity index (χ2n) is 5.36. The monoisotopic (exact) mass is 328 g/mol. The van der Waals surface area contributed by atoms with Crippen LogP contribution in [0, 0.1) is 0 Å². The highest BCUT2D eigenvalue weighted by Gasteiger charge is 2.11. The molecular formula is C18H20N2O2S. The molecule has 3 aromatic rings. The number of oxazole rings is 1. The van der Waals surface area contributed by atoms with Crippen LogP contribution in [0.25, 0.3) is 10.8 Å². The Morgan fingerprint density at radius 2 is 1.96 bits per heavy atom. The number of aliphatic hydroxyl groups excluding tert-OH is 1. The van der Waals surface area contributed by atoms with Crippen molar-refractivity contribution < 1.29 is 9.52 Å². The lowest BCUT2D eigenvalue weighted by Crippen LogP contribution is -2.28. The second-order valence-corrected chi connectivity index (χ2v) is 6.30. The molecule has 2 aromatic heterocycles. The molecule has 4 nitrogen and oxygen atoms in total. The van der Waals surface area contributed by atoms with E-state index in [1.807, 2.05) is 23.6 Å². The summed E-state index contributed by atoms with van der Waals surface area (Å²) in [6.07, 6.45) is 2.67. The van der Waals surface area contributed by atoms with Gasteiger partial charge in [0.15, 0.2) is 0 Å². The van der Waals surface area contributed by atoms with Gasteiger partial charge in [-0.25, -0.2) is 4.98 Å². The molecule has 120 valence electrons. The van der Waals surface area contributed by atoms with Crippen molar-refractivity contribution in [2.75, 3.05) is 19.7 Å². The van der Waals surface area contributed by atoms with E-state index in [0.717, 1.165) is 23.5 Å². The van der Waals surface area contributed by atoms with Gasteiger partial charge in [0, 0.05) is 19.6 Å². The molecule has 0 saturated heterocycles. The van der Waals surface area contributed by atoms with Crippen LogP contribution in [0.4, 0.5) is 0 Å².